The predicted octanol–water partition coefficient (Wildman–Crippen LogP) is 3.65. The van der Waals surface area contributed by atoms with E-state index in [-0.39, 0.29) is 12.0 Å². The molecule has 2 aliphatic rings. The van der Waals surface area contributed by atoms with Crippen molar-refractivity contribution in [2.24, 2.45) is 11.8 Å². The van der Waals surface area contributed by atoms with Crippen molar-refractivity contribution in [3.8, 4) is 0 Å². The van der Waals surface area contributed by atoms with Gasteiger partial charge in [-0.25, -0.2) is 4.79 Å². The lowest BCUT2D eigenvalue weighted by atomic mass is 9.95. The highest BCUT2D eigenvalue weighted by Gasteiger charge is 2.26. The first-order valence-electron chi connectivity index (χ1n) is 10.0. The van der Waals surface area contributed by atoms with Crippen molar-refractivity contribution in [1.29, 1.82) is 0 Å². The number of amides is 2. The highest BCUT2D eigenvalue weighted by atomic mass is 16.6. The third-order valence-electron chi connectivity index (χ3n) is 5.49. The molecule has 0 spiro atoms. The summed E-state index contributed by atoms with van der Waals surface area (Å²) in [7, 11) is 0. The first kappa shape index (κ1) is 19.5. The van der Waals surface area contributed by atoms with Gasteiger partial charge in [0.05, 0.1) is 12.2 Å². The van der Waals surface area contributed by atoms with Gasteiger partial charge in [-0.05, 0) is 49.3 Å². The molecule has 0 unspecified atom stereocenters. The number of nitrogens with zero attached hydrogens (tertiary/aromatic N) is 2. The van der Waals surface area contributed by atoms with E-state index in [1.165, 1.54) is 0 Å². The summed E-state index contributed by atoms with van der Waals surface area (Å²) in [6.07, 6.45) is 2.45. The van der Waals surface area contributed by atoms with E-state index in [0.29, 0.717) is 31.4 Å². The zero-order valence-electron chi connectivity index (χ0n) is 16.7. The van der Waals surface area contributed by atoms with Crippen LogP contribution in [0.5, 0.6) is 0 Å². The van der Waals surface area contributed by atoms with E-state index < -0.39 is 0 Å². The number of ether oxygens (including phenoxy) is 1. The Morgan fingerprint density at radius 3 is 2.63 bits per heavy atom. The molecule has 0 saturated carbocycles. The zero-order chi connectivity index (χ0) is 19.4. The quantitative estimate of drug-likeness (QED) is 0.827. The number of cyclic esters (lactones) is 1. The van der Waals surface area contributed by atoms with Gasteiger partial charge in [-0.1, -0.05) is 19.9 Å². The topological polar surface area (TPSA) is 61.9 Å². The maximum atomic E-state index is 12.2. The number of likely N-dealkylation sites (tertiary alicyclic amines) is 1. The van der Waals surface area contributed by atoms with Gasteiger partial charge in [0.15, 0.2) is 0 Å². The van der Waals surface area contributed by atoms with Crippen LogP contribution in [0.3, 0.4) is 0 Å². The minimum atomic E-state index is -0.270. The summed E-state index contributed by atoms with van der Waals surface area (Å²) in [5.74, 6) is 1.27. The molecule has 2 amide bonds. The largest absolute Gasteiger partial charge is 0.447 e. The molecule has 27 heavy (non-hydrogen) atoms. The lowest BCUT2D eigenvalue weighted by molar-refractivity contribution is -0.133. The fourth-order valence-electron chi connectivity index (χ4n) is 3.84. The highest BCUT2D eigenvalue weighted by Crippen LogP contribution is 2.29. The maximum absolute atomic E-state index is 12.2. The van der Waals surface area contributed by atoms with Crippen LogP contribution in [0.1, 0.15) is 38.7 Å². The first-order valence-corrected chi connectivity index (χ1v) is 10.0. The molecule has 6 nitrogen and oxygen atoms in total. The van der Waals surface area contributed by atoms with E-state index in [0.717, 1.165) is 49.4 Å². The second kappa shape index (κ2) is 8.63. The molecule has 0 aliphatic carbocycles. The molecule has 6 heteroatoms. The minimum absolute atomic E-state index is 0.270. The van der Waals surface area contributed by atoms with Gasteiger partial charge in [-0.3, -0.25) is 9.69 Å². The minimum Gasteiger partial charge on any atom is -0.447 e. The standard InChI is InChI=1S/C21H31N3O3/c1-15(2)13-20(25)23-9-7-17(8-10-23)14-22-18-5-4-6-19(16(18)3)24-11-12-27-21(24)26/h4-6,15,17,22H,7-14H2,1-3H3. The molecule has 2 saturated heterocycles. The summed E-state index contributed by atoms with van der Waals surface area (Å²) >= 11 is 0. The van der Waals surface area contributed by atoms with Crippen molar-refractivity contribution in [2.45, 2.75) is 40.0 Å². The second-order valence-corrected chi connectivity index (χ2v) is 8.02. The Hall–Kier alpha value is -2.24. The molecule has 0 atom stereocenters. The summed E-state index contributed by atoms with van der Waals surface area (Å²) in [5, 5.41) is 3.56. The molecule has 0 aromatic heterocycles. The molecule has 2 heterocycles. The van der Waals surface area contributed by atoms with E-state index in [1.54, 1.807) is 4.90 Å². The van der Waals surface area contributed by atoms with Gasteiger partial charge in [-0.15, -0.1) is 0 Å². The molecule has 0 bridgehead atoms. The van der Waals surface area contributed by atoms with Crippen LogP contribution in [0.25, 0.3) is 0 Å². The number of hydrogen-bond acceptors (Lipinski definition) is 4. The maximum Gasteiger partial charge on any atom is 0.414 e. The molecule has 2 aliphatic heterocycles. The van der Waals surface area contributed by atoms with Crippen LogP contribution in [0.15, 0.2) is 18.2 Å². The highest BCUT2D eigenvalue weighted by molar-refractivity contribution is 5.91. The number of rotatable bonds is 6. The Morgan fingerprint density at radius 1 is 1.26 bits per heavy atom. The Labute approximate surface area is 161 Å². The third-order valence-corrected chi connectivity index (χ3v) is 5.49. The number of piperidine rings is 1. The number of carbonyl (C=O) groups is 2. The zero-order valence-corrected chi connectivity index (χ0v) is 16.7. The predicted molar refractivity (Wildman–Crippen MR) is 107 cm³/mol. The van der Waals surface area contributed by atoms with E-state index >= 15 is 0 Å². The van der Waals surface area contributed by atoms with Gasteiger partial charge in [-0.2, -0.15) is 0 Å². The monoisotopic (exact) mass is 373 g/mol. The van der Waals surface area contributed by atoms with Gasteiger partial charge in [0.2, 0.25) is 5.91 Å². The van der Waals surface area contributed by atoms with Crippen LogP contribution in [0, 0.1) is 18.8 Å². The van der Waals surface area contributed by atoms with Crippen molar-refractivity contribution < 1.29 is 14.3 Å². The van der Waals surface area contributed by atoms with Crippen molar-refractivity contribution in [3.63, 3.8) is 0 Å². The summed E-state index contributed by atoms with van der Waals surface area (Å²) < 4.78 is 5.06. The average molecular weight is 373 g/mol. The Kier molecular flexibility index (Phi) is 6.24. The molecule has 1 N–H and O–H groups in total. The normalized spacial score (nSPS) is 18.1. The Morgan fingerprint density at radius 2 is 2.00 bits per heavy atom. The molecule has 1 aromatic carbocycles. The fourth-order valence-corrected chi connectivity index (χ4v) is 3.84. The van der Waals surface area contributed by atoms with Crippen LogP contribution in [0.4, 0.5) is 16.2 Å². The van der Waals surface area contributed by atoms with Gasteiger partial charge in [0, 0.05) is 31.7 Å². The van der Waals surface area contributed by atoms with Gasteiger partial charge in [0.25, 0.3) is 0 Å². The van der Waals surface area contributed by atoms with Gasteiger partial charge >= 0.3 is 6.09 Å². The number of nitrogens with one attached hydrogen (secondary N) is 1. The number of carbonyl (C=O) groups excluding carboxylic acids is 2. The fraction of sp³-hybridized carbons (Fsp3) is 0.619. The molecule has 148 valence electrons. The van der Waals surface area contributed by atoms with Crippen molar-refractivity contribution in [1.82, 2.24) is 4.90 Å². The Bertz CT molecular complexity index is 681. The SMILES string of the molecule is Cc1c(NCC2CCN(C(=O)CC(C)C)CC2)cccc1N1CCOC1=O. The summed E-state index contributed by atoms with van der Waals surface area (Å²) in [6.45, 7) is 9.88. The van der Waals surface area contributed by atoms with Crippen LogP contribution in [0.2, 0.25) is 0 Å². The van der Waals surface area contributed by atoms with E-state index in [1.807, 2.05) is 24.0 Å². The van der Waals surface area contributed by atoms with Crippen LogP contribution in [-0.4, -0.2) is 49.7 Å². The van der Waals surface area contributed by atoms with E-state index in [9.17, 15) is 9.59 Å². The average Bonchev–Trinajstić information content (AvgIpc) is 3.06. The smallest absolute Gasteiger partial charge is 0.414 e. The lowest BCUT2D eigenvalue weighted by Crippen LogP contribution is -2.40. The van der Waals surface area contributed by atoms with Gasteiger partial charge in [0.1, 0.15) is 6.61 Å². The molecule has 1 aromatic rings. The molecule has 2 fully saturated rings. The first-order chi connectivity index (χ1) is 13.0. The van der Waals surface area contributed by atoms with Crippen LogP contribution < -0.4 is 10.2 Å². The summed E-state index contributed by atoms with van der Waals surface area (Å²) in [5.41, 5.74) is 3.04. The number of benzene rings is 1. The van der Waals surface area contributed by atoms with Crippen LogP contribution >= 0.6 is 0 Å². The number of anilines is 2. The number of hydrogen-bond donors (Lipinski definition) is 1. The molecule has 3 rings (SSSR count). The molecular weight excluding hydrogens is 342 g/mol. The van der Waals surface area contributed by atoms with Gasteiger partial charge < -0.3 is 15.0 Å². The summed E-state index contributed by atoms with van der Waals surface area (Å²) in [6, 6.07) is 6.00. The van der Waals surface area contributed by atoms with E-state index in [2.05, 4.69) is 25.2 Å². The van der Waals surface area contributed by atoms with E-state index in [4.69, 9.17) is 4.74 Å². The van der Waals surface area contributed by atoms with Crippen molar-refractivity contribution in [3.05, 3.63) is 23.8 Å². The second-order valence-electron chi connectivity index (χ2n) is 8.02. The van der Waals surface area contributed by atoms with Crippen molar-refractivity contribution >= 4 is 23.4 Å². The summed E-state index contributed by atoms with van der Waals surface area (Å²) in [4.78, 5) is 27.8. The third kappa shape index (κ3) is 4.73. The Balaban J connectivity index is 1.53. The van der Waals surface area contributed by atoms with Crippen molar-refractivity contribution in [2.75, 3.05) is 43.0 Å². The van der Waals surface area contributed by atoms with Crippen LogP contribution in [-0.2, 0) is 9.53 Å². The molecule has 0 radical (unpaired) electrons. The lowest BCUT2D eigenvalue weighted by Gasteiger charge is -2.33. The molecular formula is C21H31N3O3.